The van der Waals surface area contributed by atoms with Gasteiger partial charge in [0.1, 0.15) is 33.5 Å². The maximum Gasteiger partial charge on any atom is 0.160 e. The van der Waals surface area contributed by atoms with Crippen molar-refractivity contribution in [3.05, 3.63) is 334 Å². The van der Waals surface area contributed by atoms with Crippen molar-refractivity contribution in [2.45, 2.75) is 0 Å². The normalized spacial score (nSPS) is 12.1. The van der Waals surface area contributed by atoms with E-state index >= 15 is 0 Å². The van der Waals surface area contributed by atoms with Crippen LogP contribution >= 0.6 is 0 Å². The molecule has 22 rings (SSSR count). The lowest BCUT2D eigenvalue weighted by Gasteiger charge is -2.14. The molecule has 0 aliphatic rings. The van der Waals surface area contributed by atoms with Gasteiger partial charge in [0.25, 0.3) is 0 Å². The van der Waals surface area contributed by atoms with Gasteiger partial charge in [0.05, 0.1) is 44.5 Å². The minimum absolute atomic E-state index is 0.618. The van der Waals surface area contributed by atoms with Crippen LogP contribution in [0.25, 0.3) is 216 Å². The molecular weight excluding hydrogens is 1250 g/mol. The Balaban J connectivity index is 0.675. The molecule has 0 spiro atoms. The largest absolute Gasteiger partial charge is 0.456 e. The van der Waals surface area contributed by atoms with Crippen LogP contribution in [0.2, 0.25) is 0 Å². The minimum Gasteiger partial charge on any atom is -0.456 e. The Labute approximate surface area is 582 Å². The molecule has 0 unspecified atom stereocenters. The van der Waals surface area contributed by atoms with E-state index in [9.17, 15) is 0 Å². The molecule has 8 nitrogen and oxygen atoms in total. The number of furan rings is 3. The molecule has 15 aromatic carbocycles. The van der Waals surface area contributed by atoms with Crippen LogP contribution in [0.4, 0.5) is 0 Å². The highest BCUT2D eigenvalue weighted by atomic mass is 16.3. The van der Waals surface area contributed by atoms with E-state index in [1.54, 1.807) is 0 Å². The summed E-state index contributed by atoms with van der Waals surface area (Å²) >= 11 is 0. The Morgan fingerprint density at radius 3 is 0.892 bits per heavy atom. The average molecular weight is 1300 g/mol. The number of para-hydroxylation sites is 6. The van der Waals surface area contributed by atoms with Gasteiger partial charge >= 0.3 is 0 Å². The summed E-state index contributed by atoms with van der Waals surface area (Å²) in [6.07, 6.45) is 0. The van der Waals surface area contributed by atoms with Gasteiger partial charge < -0.3 is 27.0 Å². The number of hydrogen-bond donors (Lipinski definition) is 0. The lowest BCUT2D eigenvalue weighted by Crippen LogP contribution is -1.99. The Morgan fingerprint density at radius 2 is 0.480 bits per heavy atom. The number of fused-ring (bicyclic) bond motifs is 18. The van der Waals surface area contributed by atoms with Crippen molar-refractivity contribution >= 4 is 131 Å². The smallest absolute Gasteiger partial charge is 0.160 e. The predicted octanol–water partition coefficient (Wildman–Crippen LogP) is 25.5. The van der Waals surface area contributed by atoms with Gasteiger partial charge in [0, 0.05) is 98.4 Å². The summed E-state index contributed by atoms with van der Waals surface area (Å²) in [4.78, 5) is 11.1. The summed E-state index contributed by atoms with van der Waals surface area (Å²) in [7, 11) is 0. The van der Waals surface area contributed by atoms with Crippen LogP contribution in [-0.2, 0) is 0 Å². The highest BCUT2D eigenvalue weighted by Crippen LogP contribution is 2.43. The molecule has 474 valence electrons. The second-order valence-electron chi connectivity index (χ2n) is 26.8. The Morgan fingerprint density at radius 1 is 0.176 bits per heavy atom. The monoisotopic (exact) mass is 1300 g/mol. The van der Waals surface area contributed by atoms with Crippen LogP contribution in [0.5, 0.6) is 0 Å². The standard InChI is InChI=1S/C94H55N5O3/c1-7-22-82-68(16-1)71-42-32-58(61-35-45-77-74-19-4-10-25-88(74)100-91(77)52-61)49-85(71)97(82)65-38-28-56(29-39-65)80-55-81(64-14-13-15-67(48-64)99-84-24-9-3-18-70(84)73-44-34-60(51-87(73)99)63-37-47-79-76-21-6-12-27-90(76)102-93(79)54-63)96-94(95-80)57-30-40-66(41-31-57)98-83-23-8-2-17-69(83)72-43-33-59(50-86(72)98)62-36-46-78-75-20-5-11-26-89(75)101-92(78)53-62/h1-55H. The van der Waals surface area contributed by atoms with Crippen LogP contribution in [0.3, 0.4) is 0 Å². The molecular formula is C94H55N5O3. The molecule has 0 saturated carbocycles. The molecule has 0 aliphatic heterocycles. The number of hydrogen-bond acceptors (Lipinski definition) is 5. The average Bonchev–Trinajstić information content (AvgIpc) is 1.58. The zero-order chi connectivity index (χ0) is 66.7. The molecule has 8 heteroatoms. The Kier molecular flexibility index (Phi) is 12.0. The van der Waals surface area contributed by atoms with Gasteiger partial charge in [-0.1, -0.05) is 188 Å². The molecule has 0 saturated heterocycles. The lowest BCUT2D eigenvalue weighted by atomic mass is 10.0. The summed E-state index contributed by atoms with van der Waals surface area (Å²) < 4.78 is 26.3. The fraction of sp³-hybridized carbons (Fsp3) is 0. The van der Waals surface area contributed by atoms with Crippen LogP contribution in [0.15, 0.2) is 347 Å². The number of aromatic nitrogens is 5. The summed E-state index contributed by atoms with van der Waals surface area (Å²) in [5.74, 6) is 0.618. The first-order valence-electron chi connectivity index (χ1n) is 34.6. The van der Waals surface area contributed by atoms with E-state index in [2.05, 4.69) is 311 Å². The van der Waals surface area contributed by atoms with Gasteiger partial charge in [-0.15, -0.1) is 0 Å². The van der Waals surface area contributed by atoms with Crippen LogP contribution in [0, 0.1) is 0 Å². The summed E-state index contributed by atoms with van der Waals surface area (Å²) in [5.41, 5.74) is 26.1. The van der Waals surface area contributed by atoms with Gasteiger partial charge in [-0.3, -0.25) is 0 Å². The Hall–Kier alpha value is -13.8. The summed E-state index contributed by atoms with van der Waals surface area (Å²) in [6, 6.07) is 120. The van der Waals surface area contributed by atoms with E-state index in [1.807, 2.05) is 36.4 Å². The highest BCUT2D eigenvalue weighted by Gasteiger charge is 2.22. The van der Waals surface area contributed by atoms with E-state index in [4.69, 9.17) is 23.2 Å². The second kappa shape index (κ2) is 21.8. The molecule has 0 N–H and O–H groups in total. The fourth-order valence-electron chi connectivity index (χ4n) is 16.2. The molecule has 0 fully saturated rings. The molecule has 22 aromatic rings. The fourth-order valence-corrected chi connectivity index (χ4v) is 16.2. The second-order valence-corrected chi connectivity index (χ2v) is 26.8. The van der Waals surface area contributed by atoms with Crippen molar-refractivity contribution in [1.29, 1.82) is 0 Å². The third-order valence-corrected chi connectivity index (χ3v) is 21.1. The van der Waals surface area contributed by atoms with Crippen molar-refractivity contribution in [3.8, 4) is 84.3 Å². The SMILES string of the molecule is c1cc(-c2cc(-c3ccc(-n4c5ccccc5c5ccc(-c6ccc7c(c6)oc6ccccc67)cc54)cc3)nc(-c3ccc(-n4c5ccccc5c5ccc(-c6ccc7c(c6)oc6ccccc67)cc54)cc3)n2)cc(-n2c3ccccc3c3ccc(-c4ccc5c(c4)oc4ccccc45)cc32)c1. The van der Waals surface area contributed by atoms with E-state index in [0.29, 0.717) is 5.82 Å². The van der Waals surface area contributed by atoms with Gasteiger partial charge in [-0.2, -0.15) is 0 Å². The van der Waals surface area contributed by atoms with Crippen molar-refractivity contribution in [2.75, 3.05) is 0 Å². The van der Waals surface area contributed by atoms with Gasteiger partial charge in [0.2, 0.25) is 0 Å². The van der Waals surface area contributed by atoms with Crippen molar-refractivity contribution in [1.82, 2.24) is 23.7 Å². The first-order valence-corrected chi connectivity index (χ1v) is 34.6. The van der Waals surface area contributed by atoms with E-state index < -0.39 is 0 Å². The van der Waals surface area contributed by atoms with Crippen molar-refractivity contribution in [3.63, 3.8) is 0 Å². The zero-order valence-corrected chi connectivity index (χ0v) is 54.7. The lowest BCUT2D eigenvalue weighted by molar-refractivity contribution is 0.668. The van der Waals surface area contributed by atoms with Gasteiger partial charge in [0.15, 0.2) is 5.82 Å². The molecule has 7 heterocycles. The van der Waals surface area contributed by atoms with Gasteiger partial charge in [-0.05, 0) is 179 Å². The summed E-state index contributed by atoms with van der Waals surface area (Å²) in [6.45, 7) is 0. The first-order chi connectivity index (χ1) is 50.5. The molecule has 7 aromatic heterocycles. The molecule has 0 amide bonds. The maximum absolute atomic E-state index is 6.41. The third-order valence-electron chi connectivity index (χ3n) is 21.1. The number of benzene rings is 15. The van der Waals surface area contributed by atoms with E-state index in [-0.39, 0.29) is 0 Å². The first kappa shape index (κ1) is 56.2. The number of nitrogens with zero attached hydrogens (tertiary/aromatic N) is 5. The van der Waals surface area contributed by atoms with E-state index in [0.717, 1.165) is 177 Å². The quantitative estimate of drug-likeness (QED) is 0.144. The number of rotatable bonds is 9. The Bertz CT molecular complexity index is 6960. The molecule has 102 heavy (non-hydrogen) atoms. The van der Waals surface area contributed by atoms with E-state index in [1.165, 1.54) is 32.3 Å². The molecule has 0 aliphatic carbocycles. The van der Waals surface area contributed by atoms with Gasteiger partial charge in [-0.25, -0.2) is 9.97 Å². The van der Waals surface area contributed by atoms with Crippen molar-refractivity contribution in [2.24, 2.45) is 0 Å². The van der Waals surface area contributed by atoms with Crippen LogP contribution in [0.1, 0.15) is 0 Å². The zero-order valence-electron chi connectivity index (χ0n) is 54.7. The topological polar surface area (TPSA) is 80.0 Å². The third kappa shape index (κ3) is 8.69. The predicted molar refractivity (Wildman–Crippen MR) is 419 cm³/mol. The van der Waals surface area contributed by atoms with Crippen LogP contribution < -0.4 is 0 Å². The van der Waals surface area contributed by atoms with Crippen molar-refractivity contribution < 1.29 is 13.3 Å². The molecule has 0 atom stereocenters. The highest BCUT2D eigenvalue weighted by molar-refractivity contribution is 6.15. The summed E-state index contributed by atoms with van der Waals surface area (Å²) in [5, 5.41) is 13.8. The minimum atomic E-state index is 0.618. The molecule has 0 bridgehead atoms. The van der Waals surface area contributed by atoms with Crippen LogP contribution in [-0.4, -0.2) is 23.7 Å². The maximum atomic E-state index is 6.41. The molecule has 0 radical (unpaired) electrons.